The van der Waals surface area contributed by atoms with E-state index in [2.05, 4.69) is 10.3 Å². The maximum absolute atomic E-state index is 13.3. The predicted octanol–water partition coefficient (Wildman–Crippen LogP) is 4.92. The molecule has 256 valence electrons. The average Bonchev–Trinajstić information content (AvgIpc) is 3.21. The van der Waals surface area contributed by atoms with Gasteiger partial charge < -0.3 is 19.9 Å². The lowest BCUT2D eigenvalue weighted by molar-refractivity contribution is -0.150. The van der Waals surface area contributed by atoms with Gasteiger partial charge in [0.25, 0.3) is 5.91 Å². The Morgan fingerprint density at radius 3 is 2.15 bits per heavy atom. The number of carbonyl (C=O) groups is 3. The van der Waals surface area contributed by atoms with Gasteiger partial charge in [0.05, 0.1) is 33.8 Å². The van der Waals surface area contributed by atoms with E-state index in [0.29, 0.717) is 25.2 Å². The van der Waals surface area contributed by atoms with Crippen LogP contribution in [-0.4, -0.2) is 102 Å². The van der Waals surface area contributed by atoms with Crippen molar-refractivity contribution >= 4 is 52.2 Å². The number of pyridine rings is 1. The van der Waals surface area contributed by atoms with E-state index in [9.17, 15) is 40.7 Å². The van der Waals surface area contributed by atoms with Crippen LogP contribution in [0.5, 0.6) is 0 Å². The Morgan fingerprint density at radius 2 is 1.60 bits per heavy atom. The highest BCUT2D eigenvalue weighted by Gasteiger charge is 2.37. The molecule has 1 N–H and O–H groups in total. The van der Waals surface area contributed by atoms with Gasteiger partial charge >= 0.3 is 18.3 Å². The monoisotopic (exact) mass is 705 g/mol. The fourth-order valence-corrected chi connectivity index (χ4v) is 5.71. The maximum atomic E-state index is 13.3. The van der Waals surface area contributed by atoms with Crippen molar-refractivity contribution in [3.8, 4) is 11.3 Å². The Labute approximate surface area is 277 Å². The highest BCUT2D eigenvalue weighted by molar-refractivity contribution is 8.26. The number of ether oxygens (including phenoxy) is 1. The summed E-state index contributed by atoms with van der Waals surface area (Å²) in [7, 11) is 7.45. The number of esters is 1. The van der Waals surface area contributed by atoms with Crippen molar-refractivity contribution in [3.63, 3.8) is 0 Å². The number of thioether (sulfide) groups is 1. The molecule has 1 aliphatic heterocycles. The van der Waals surface area contributed by atoms with E-state index in [1.54, 1.807) is 0 Å². The van der Waals surface area contributed by atoms with Crippen LogP contribution in [0.3, 0.4) is 0 Å². The van der Waals surface area contributed by atoms with E-state index in [4.69, 9.17) is 17.0 Å². The molecule has 1 aromatic carbocycles. The van der Waals surface area contributed by atoms with Crippen LogP contribution in [0.25, 0.3) is 17.3 Å². The first-order valence-corrected chi connectivity index (χ1v) is 15.3. The number of benzene rings is 1. The molecule has 3 rings (SSSR count). The molecule has 9 nitrogen and oxygen atoms in total. The van der Waals surface area contributed by atoms with Crippen molar-refractivity contribution in [3.05, 3.63) is 58.1 Å². The molecule has 0 spiro atoms. The minimum Gasteiger partial charge on any atom is -0.460 e. The van der Waals surface area contributed by atoms with Gasteiger partial charge in [-0.15, -0.1) is 0 Å². The summed E-state index contributed by atoms with van der Waals surface area (Å²) in [5, 5.41) is 2.61. The van der Waals surface area contributed by atoms with Gasteiger partial charge in [0.2, 0.25) is 5.91 Å². The number of halogens is 6. The number of aromatic nitrogens is 1. The number of hydrogen-bond acceptors (Lipinski definition) is 9. The first-order valence-electron chi connectivity index (χ1n) is 14.1. The van der Waals surface area contributed by atoms with Gasteiger partial charge in [-0.1, -0.05) is 30.0 Å². The van der Waals surface area contributed by atoms with Crippen molar-refractivity contribution in [1.82, 2.24) is 25.0 Å². The van der Waals surface area contributed by atoms with Crippen molar-refractivity contribution < 1.29 is 45.5 Å². The molecular weight excluding hydrogens is 672 g/mol. The van der Waals surface area contributed by atoms with E-state index >= 15 is 0 Å². The summed E-state index contributed by atoms with van der Waals surface area (Å²) >= 11 is 6.19. The molecule has 0 atom stereocenters. The second-order valence-corrected chi connectivity index (χ2v) is 12.7. The molecule has 17 heteroatoms. The van der Waals surface area contributed by atoms with Gasteiger partial charge in [0.15, 0.2) is 0 Å². The van der Waals surface area contributed by atoms with Crippen molar-refractivity contribution in [2.45, 2.75) is 31.3 Å². The molecule has 1 saturated heterocycles. The summed E-state index contributed by atoms with van der Waals surface area (Å²) in [6, 6.07) is 5.23. The Bertz CT molecular complexity index is 1470. The number of likely N-dealkylation sites (N-methyl/N-ethyl adjacent to an activating group) is 2. The summed E-state index contributed by atoms with van der Waals surface area (Å²) in [5.41, 5.74) is -3.44. The van der Waals surface area contributed by atoms with E-state index in [1.807, 2.05) is 38.0 Å². The highest BCUT2D eigenvalue weighted by atomic mass is 32.2. The van der Waals surface area contributed by atoms with E-state index < -0.39 is 46.8 Å². The average molecular weight is 706 g/mol. The molecule has 2 aromatic rings. The quantitative estimate of drug-likeness (QED) is 0.135. The number of rotatable bonds is 13. The van der Waals surface area contributed by atoms with Gasteiger partial charge in [-0.3, -0.25) is 19.3 Å². The Morgan fingerprint density at radius 1 is 1.00 bits per heavy atom. The van der Waals surface area contributed by atoms with Gasteiger partial charge in [-0.2, -0.15) is 26.3 Å². The zero-order valence-corrected chi connectivity index (χ0v) is 27.5. The minimum atomic E-state index is -5.02. The lowest BCUT2D eigenvalue weighted by Crippen LogP contribution is -2.39. The van der Waals surface area contributed by atoms with Crippen LogP contribution < -0.4 is 5.32 Å². The largest absolute Gasteiger partial charge is 0.460 e. The van der Waals surface area contributed by atoms with Crippen LogP contribution in [0.4, 0.5) is 26.3 Å². The van der Waals surface area contributed by atoms with Crippen LogP contribution in [0, 0.1) is 0 Å². The molecule has 1 fully saturated rings. The van der Waals surface area contributed by atoms with Crippen molar-refractivity contribution in [2.24, 2.45) is 0 Å². The number of hydrogen-bond donors (Lipinski definition) is 1. The number of nitrogens with one attached hydrogen (secondary N) is 1. The molecule has 47 heavy (non-hydrogen) atoms. The van der Waals surface area contributed by atoms with E-state index in [-0.39, 0.29) is 58.7 Å². The summed E-state index contributed by atoms with van der Waals surface area (Å²) < 4.78 is 85.7. The molecular formula is C30H33F6N5O4S2. The molecule has 1 aromatic heterocycles. The van der Waals surface area contributed by atoms with Crippen LogP contribution in [-0.2, 0) is 31.5 Å². The summed E-state index contributed by atoms with van der Waals surface area (Å²) in [6.07, 6.45) is -9.24. The predicted molar refractivity (Wildman–Crippen MR) is 169 cm³/mol. The Hall–Kier alpha value is -3.54. The Balaban J connectivity index is 1.61. The number of alkyl halides is 6. The number of thiocarbonyl (C=S) groups is 1. The topological polar surface area (TPSA) is 95.1 Å². The fraction of sp³-hybridized carbons (Fsp3) is 0.433. The highest BCUT2D eigenvalue weighted by Crippen LogP contribution is 2.38. The summed E-state index contributed by atoms with van der Waals surface area (Å²) in [6.45, 7) is 1.04. The standard InChI is InChI=1S/C30H33F6N5O4S2/c1-39(2)16-22(17-40(3)4)45-26(43)8-10-37-25(42)9-11-41-27(44)24(47-28(41)46)15-21-6-5-7-23(38-21)18-12-19(29(31,32)33)14-20(13-18)30(34,35)36/h5-7,12-15,22H,8-11,16-17H2,1-4H3,(H,37,42). The third kappa shape index (κ3) is 11.6. The minimum absolute atomic E-state index is 0.0298. The first-order chi connectivity index (χ1) is 21.8. The number of amides is 2. The zero-order chi connectivity index (χ0) is 35.1. The van der Waals surface area contributed by atoms with Gasteiger partial charge in [0.1, 0.15) is 10.4 Å². The molecule has 0 bridgehead atoms. The van der Waals surface area contributed by atoms with Crippen LogP contribution in [0.15, 0.2) is 41.3 Å². The lowest BCUT2D eigenvalue weighted by Gasteiger charge is -2.24. The molecule has 0 unspecified atom stereocenters. The van der Waals surface area contributed by atoms with Crippen LogP contribution in [0.1, 0.15) is 29.7 Å². The molecule has 0 radical (unpaired) electrons. The SMILES string of the molecule is CN(C)CC(CN(C)C)OC(=O)CCNC(=O)CCN1C(=O)C(=Cc2cccc(-c3cc(C(F)(F)F)cc(C(F)(F)F)c3)n2)SC1=S. The second-order valence-electron chi connectivity index (χ2n) is 11.1. The molecule has 0 aliphatic carbocycles. The maximum Gasteiger partial charge on any atom is 0.416 e. The van der Waals surface area contributed by atoms with E-state index in [0.717, 1.165) is 11.8 Å². The lowest BCUT2D eigenvalue weighted by atomic mass is 10.0. The number of carbonyl (C=O) groups excluding carboxylic acids is 3. The smallest absolute Gasteiger partial charge is 0.416 e. The Kier molecular flexibility index (Phi) is 12.9. The molecule has 0 saturated carbocycles. The molecule has 1 aliphatic rings. The third-order valence-corrected chi connectivity index (χ3v) is 7.83. The fourth-order valence-electron chi connectivity index (χ4n) is 4.42. The van der Waals surface area contributed by atoms with E-state index in [1.165, 1.54) is 29.2 Å². The van der Waals surface area contributed by atoms with Gasteiger partial charge in [-0.25, -0.2) is 4.98 Å². The van der Waals surface area contributed by atoms with Crippen LogP contribution in [0.2, 0.25) is 0 Å². The zero-order valence-electron chi connectivity index (χ0n) is 25.9. The molecule has 2 heterocycles. The summed E-state index contributed by atoms with van der Waals surface area (Å²) in [5.74, 6) is -1.44. The summed E-state index contributed by atoms with van der Waals surface area (Å²) in [4.78, 5) is 46.9. The molecule has 2 amide bonds. The normalized spacial score (nSPS) is 15.0. The van der Waals surface area contributed by atoms with Crippen molar-refractivity contribution in [1.29, 1.82) is 0 Å². The second kappa shape index (κ2) is 16.0. The van der Waals surface area contributed by atoms with Gasteiger partial charge in [0, 0.05) is 38.2 Å². The first kappa shape index (κ1) is 37.9. The van der Waals surface area contributed by atoms with Crippen molar-refractivity contribution in [2.75, 3.05) is 54.4 Å². The third-order valence-electron chi connectivity index (χ3n) is 6.46. The van der Waals surface area contributed by atoms with Crippen LogP contribution >= 0.6 is 24.0 Å². The van der Waals surface area contributed by atoms with Gasteiger partial charge in [-0.05, 0) is 64.6 Å². The number of nitrogens with zero attached hydrogens (tertiary/aromatic N) is 4.